The molecule has 0 aliphatic rings. The van der Waals surface area contributed by atoms with Gasteiger partial charge >= 0.3 is 6.18 Å². The molecule has 128 valence electrons. The van der Waals surface area contributed by atoms with Crippen molar-refractivity contribution in [1.82, 2.24) is 5.32 Å². The molecule has 0 fully saturated rings. The van der Waals surface area contributed by atoms with Gasteiger partial charge in [0.05, 0.1) is 24.9 Å². The highest BCUT2D eigenvalue weighted by molar-refractivity contribution is 5.93. The molecule has 0 saturated heterocycles. The lowest BCUT2D eigenvalue weighted by Crippen LogP contribution is -2.28. The van der Waals surface area contributed by atoms with E-state index in [1.807, 2.05) is 12.1 Å². The Balaban J connectivity index is 1.87. The third kappa shape index (κ3) is 4.99. The third-order valence-electron chi connectivity index (χ3n) is 3.28. The van der Waals surface area contributed by atoms with Crippen LogP contribution in [0.5, 0.6) is 5.75 Å². The average Bonchev–Trinajstić information content (AvgIpc) is 2.55. The van der Waals surface area contributed by atoms with Crippen LogP contribution in [0.1, 0.15) is 11.1 Å². The van der Waals surface area contributed by atoms with E-state index in [1.54, 1.807) is 19.2 Å². The number of methoxy groups -OCH3 is 1. The molecule has 0 aliphatic carbocycles. The lowest BCUT2D eigenvalue weighted by atomic mass is 10.1. The van der Waals surface area contributed by atoms with Crippen molar-refractivity contribution in [2.75, 3.05) is 19.0 Å². The van der Waals surface area contributed by atoms with Gasteiger partial charge < -0.3 is 15.4 Å². The zero-order chi connectivity index (χ0) is 17.6. The molecule has 0 saturated carbocycles. The number of carbonyl (C=O) groups is 1. The predicted molar refractivity (Wildman–Crippen MR) is 84.8 cm³/mol. The van der Waals surface area contributed by atoms with Gasteiger partial charge in [-0.2, -0.15) is 13.2 Å². The van der Waals surface area contributed by atoms with Gasteiger partial charge in [-0.05, 0) is 29.8 Å². The molecule has 0 radical (unpaired) electrons. The van der Waals surface area contributed by atoms with Crippen LogP contribution in [0.15, 0.2) is 48.5 Å². The SMILES string of the molecule is COc1ccc(CNCC(=O)Nc2ccccc2C(F)(F)F)cc1. The molecule has 0 unspecified atom stereocenters. The summed E-state index contributed by atoms with van der Waals surface area (Å²) in [6.07, 6.45) is -4.51. The molecule has 1 amide bonds. The first-order chi connectivity index (χ1) is 11.4. The van der Waals surface area contributed by atoms with E-state index in [-0.39, 0.29) is 12.2 Å². The Kier molecular flexibility index (Phi) is 5.81. The molecule has 0 aromatic heterocycles. The molecule has 0 atom stereocenters. The van der Waals surface area contributed by atoms with Crippen molar-refractivity contribution in [1.29, 1.82) is 0 Å². The second-order valence-electron chi connectivity index (χ2n) is 5.04. The maximum atomic E-state index is 12.9. The summed E-state index contributed by atoms with van der Waals surface area (Å²) in [7, 11) is 1.57. The van der Waals surface area contributed by atoms with Crippen molar-refractivity contribution in [3.8, 4) is 5.75 Å². The topological polar surface area (TPSA) is 50.4 Å². The fourth-order valence-electron chi connectivity index (χ4n) is 2.10. The lowest BCUT2D eigenvalue weighted by molar-refractivity contribution is -0.137. The molecule has 7 heteroatoms. The number of amides is 1. The van der Waals surface area contributed by atoms with Crippen LogP contribution < -0.4 is 15.4 Å². The second-order valence-corrected chi connectivity index (χ2v) is 5.04. The number of benzene rings is 2. The number of ether oxygens (including phenoxy) is 1. The van der Waals surface area contributed by atoms with Crippen LogP contribution in [-0.2, 0) is 17.5 Å². The summed E-state index contributed by atoms with van der Waals surface area (Å²) in [6, 6.07) is 12.1. The van der Waals surface area contributed by atoms with Crippen LogP contribution in [0.4, 0.5) is 18.9 Å². The predicted octanol–water partition coefficient (Wildman–Crippen LogP) is 3.44. The summed E-state index contributed by atoms with van der Waals surface area (Å²) >= 11 is 0. The standard InChI is InChI=1S/C17H17F3N2O2/c1-24-13-8-6-12(7-9-13)10-21-11-16(23)22-15-5-3-2-4-14(15)17(18,19)20/h2-9,21H,10-11H2,1H3,(H,22,23). The zero-order valence-corrected chi connectivity index (χ0v) is 13.0. The first-order valence-electron chi connectivity index (χ1n) is 7.20. The van der Waals surface area contributed by atoms with Gasteiger partial charge in [0, 0.05) is 6.54 Å². The minimum atomic E-state index is -4.51. The normalized spacial score (nSPS) is 11.2. The highest BCUT2D eigenvalue weighted by Gasteiger charge is 2.33. The molecule has 0 heterocycles. The van der Waals surface area contributed by atoms with Crippen molar-refractivity contribution >= 4 is 11.6 Å². The molecular weight excluding hydrogens is 321 g/mol. The van der Waals surface area contributed by atoms with E-state index in [9.17, 15) is 18.0 Å². The molecule has 0 aliphatic heterocycles. The highest BCUT2D eigenvalue weighted by atomic mass is 19.4. The molecule has 2 N–H and O–H groups in total. The first kappa shape index (κ1) is 17.8. The van der Waals surface area contributed by atoms with Crippen LogP contribution in [0.2, 0.25) is 0 Å². The fourth-order valence-corrected chi connectivity index (χ4v) is 2.10. The molecule has 0 spiro atoms. The number of anilines is 1. The minimum absolute atomic E-state index is 0.0990. The summed E-state index contributed by atoms with van der Waals surface area (Å²) < 4.78 is 43.6. The number of alkyl halides is 3. The monoisotopic (exact) mass is 338 g/mol. The first-order valence-corrected chi connectivity index (χ1v) is 7.20. The molecule has 0 bridgehead atoms. The zero-order valence-electron chi connectivity index (χ0n) is 13.0. The van der Waals surface area contributed by atoms with Crippen LogP contribution in [0.3, 0.4) is 0 Å². The van der Waals surface area contributed by atoms with Crippen LogP contribution in [0, 0.1) is 0 Å². The second kappa shape index (κ2) is 7.83. The molecule has 24 heavy (non-hydrogen) atoms. The number of hydrogen-bond acceptors (Lipinski definition) is 3. The van der Waals surface area contributed by atoms with Gasteiger partial charge in [0.25, 0.3) is 0 Å². The van der Waals surface area contributed by atoms with E-state index in [2.05, 4.69) is 10.6 Å². The van der Waals surface area contributed by atoms with Gasteiger partial charge in [0.2, 0.25) is 5.91 Å². The lowest BCUT2D eigenvalue weighted by Gasteiger charge is -2.13. The number of halogens is 3. The molecule has 2 aromatic rings. The Labute approximate surface area is 137 Å². The quantitative estimate of drug-likeness (QED) is 0.848. The van der Waals surface area contributed by atoms with Gasteiger partial charge in [0.1, 0.15) is 5.75 Å². The summed E-state index contributed by atoms with van der Waals surface area (Å²) in [5, 5.41) is 5.16. The number of hydrogen-bond donors (Lipinski definition) is 2. The van der Waals surface area contributed by atoms with Crippen LogP contribution >= 0.6 is 0 Å². The molecule has 2 aromatic carbocycles. The Morgan fingerprint density at radius 3 is 2.38 bits per heavy atom. The van der Waals surface area contributed by atoms with Crippen molar-refractivity contribution in [2.24, 2.45) is 0 Å². The number of para-hydroxylation sites is 1. The van der Waals surface area contributed by atoms with Crippen molar-refractivity contribution in [2.45, 2.75) is 12.7 Å². The van der Waals surface area contributed by atoms with E-state index < -0.39 is 17.6 Å². The van der Waals surface area contributed by atoms with Crippen molar-refractivity contribution < 1.29 is 22.7 Å². The van der Waals surface area contributed by atoms with E-state index >= 15 is 0 Å². The minimum Gasteiger partial charge on any atom is -0.497 e. The number of nitrogens with one attached hydrogen (secondary N) is 2. The Bertz CT molecular complexity index is 685. The summed E-state index contributed by atoms with van der Waals surface area (Å²) in [5.41, 5.74) is -0.186. The molecular formula is C17H17F3N2O2. The largest absolute Gasteiger partial charge is 0.497 e. The number of carbonyl (C=O) groups excluding carboxylic acids is 1. The Morgan fingerprint density at radius 2 is 1.75 bits per heavy atom. The smallest absolute Gasteiger partial charge is 0.418 e. The number of rotatable bonds is 6. The van der Waals surface area contributed by atoms with Crippen LogP contribution in [0.25, 0.3) is 0 Å². The van der Waals surface area contributed by atoms with E-state index in [0.717, 1.165) is 17.4 Å². The third-order valence-corrected chi connectivity index (χ3v) is 3.28. The summed E-state index contributed by atoms with van der Waals surface area (Å²) in [4.78, 5) is 11.8. The molecule has 4 nitrogen and oxygen atoms in total. The van der Waals surface area contributed by atoms with E-state index in [0.29, 0.717) is 6.54 Å². The summed E-state index contributed by atoms with van der Waals surface area (Å²) in [6.45, 7) is 0.316. The Hall–Kier alpha value is -2.54. The van der Waals surface area contributed by atoms with Crippen molar-refractivity contribution in [3.63, 3.8) is 0 Å². The van der Waals surface area contributed by atoms with Gasteiger partial charge in [-0.25, -0.2) is 0 Å². The van der Waals surface area contributed by atoms with Crippen LogP contribution in [-0.4, -0.2) is 19.6 Å². The average molecular weight is 338 g/mol. The summed E-state index contributed by atoms with van der Waals surface area (Å²) in [5.74, 6) is 0.181. The van der Waals surface area contributed by atoms with Gasteiger partial charge in [-0.3, -0.25) is 4.79 Å². The maximum Gasteiger partial charge on any atom is 0.418 e. The van der Waals surface area contributed by atoms with Gasteiger partial charge in [-0.15, -0.1) is 0 Å². The van der Waals surface area contributed by atoms with Gasteiger partial charge in [-0.1, -0.05) is 24.3 Å². The van der Waals surface area contributed by atoms with Crippen molar-refractivity contribution in [3.05, 3.63) is 59.7 Å². The van der Waals surface area contributed by atoms with E-state index in [4.69, 9.17) is 4.74 Å². The maximum absolute atomic E-state index is 12.9. The van der Waals surface area contributed by atoms with Gasteiger partial charge in [0.15, 0.2) is 0 Å². The Morgan fingerprint density at radius 1 is 1.08 bits per heavy atom. The fraction of sp³-hybridized carbons (Fsp3) is 0.235. The molecule has 2 rings (SSSR count). The van der Waals surface area contributed by atoms with E-state index in [1.165, 1.54) is 18.2 Å². The highest BCUT2D eigenvalue weighted by Crippen LogP contribution is 2.34.